The Kier molecular flexibility index (Phi) is 38.7. The van der Waals surface area contributed by atoms with Crippen molar-refractivity contribution in [2.45, 2.75) is 235 Å². The summed E-state index contributed by atoms with van der Waals surface area (Å²) in [6, 6.07) is -10.8. The van der Waals surface area contributed by atoms with Gasteiger partial charge in [0.15, 0.2) is 0 Å². The first-order valence-corrected chi connectivity index (χ1v) is 42.5. The first-order chi connectivity index (χ1) is 61.5. The topological polar surface area (TPSA) is 769 Å². The van der Waals surface area contributed by atoms with Crippen LogP contribution in [0.15, 0.2) is 73.4 Å². The average Bonchev–Trinajstić information content (AvgIpc) is 1.79. The van der Waals surface area contributed by atoms with Crippen LogP contribution in [-0.4, -0.2) is 280 Å². The van der Waals surface area contributed by atoms with Gasteiger partial charge in [0.2, 0.25) is 106 Å². The SMILES string of the molecule is CC(C)[C@H](N)C(=O)N[C@@H](CC(N)=O)C(=O)N[C@@H](CCC(N)=O)C(=O)N[C@@H](Cc1c[nH]c2ccccc12)C(=O)N[C@@H](CO)C(=O)N[C@H](C(=O)N[C@@H](CC(N)=O)C(=O)N[C@@H](Cc1cnc[nH]1)C(=O)N[C@@H](CC(=O)O)C(=O)N1CCC[C@H]1C(=O)N[C@H](C(=O)N[C@@H](CCCCN)C(=O)N[C@@H](Cc1c[nH]c2ccccc12)C(=O)N1CCC[C@H]1C(=O)N[C@@H](CC(N)=O)C(=O)O)C(C)C)C(C)C. The van der Waals surface area contributed by atoms with Gasteiger partial charge in [0.25, 0.3) is 0 Å². The molecule has 708 valence electrons. The van der Waals surface area contributed by atoms with Gasteiger partial charge in [-0.15, -0.1) is 0 Å². The third kappa shape index (κ3) is 29.8. The van der Waals surface area contributed by atoms with Crippen molar-refractivity contribution in [1.29, 1.82) is 0 Å². The van der Waals surface area contributed by atoms with Gasteiger partial charge in [0.05, 0.1) is 44.7 Å². The number of aromatic amines is 3. The molecule has 0 bridgehead atoms. The molecule has 5 heterocycles. The largest absolute Gasteiger partial charge is 0.481 e. The summed E-state index contributed by atoms with van der Waals surface area (Å²) in [6.07, 6.45) is 0.769. The van der Waals surface area contributed by atoms with Crippen LogP contribution >= 0.6 is 0 Å². The van der Waals surface area contributed by atoms with E-state index in [-0.39, 0.29) is 76.7 Å². The van der Waals surface area contributed by atoms with Crippen molar-refractivity contribution >= 4 is 140 Å². The Morgan fingerprint density at radius 2 is 0.838 bits per heavy atom. The summed E-state index contributed by atoms with van der Waals surface area (Å²) < 4.78 is 0. The lowest BCUT2D eigenvalue weighted by Gasteiger charge is -2.32. The van der Waals surface area contributed by atoms with Crippen LogP contribution in [0.1, 0.15) is 142 Å². The predicted octanol–water partition coefficient (Wildman–Crippen LogP) is -6.93. The van der Waals surface area contributed by atoms with Crippen LogP contribution in [-0.2, 0) is 115 Å². The predicted molar refractivity (Wildman–Crippen MR) is 461 cm³/mol. The number of para-hydroxylation sites is 2. The lowest BCUT2D eigenvalue weighted by Crippen LogP contribution is -2.62. The standard InChI is InChI=1S/C83H118N24O23/c1-39(2)66(89)78(124)98-53(30-62(86)110)73(119)94-50(22-23-61(85)109)70(116)96-51(27-42-34-91-47-17-9-7-15-45(42)47)71(117)103-58(37-108)75(121)104-67(40(3)4)80(126)99-54(31-63(87)111)74(120)97-52(29-44-36-90-38-93-44)72(118)101-56(33-65(113)114)82(128)107-26-14-21-60(107)77(123)105-68(41(5)6)79(125)95-49(19-11-12-24-84)69(115)100-55(28-43-35-92-48-18-10-8-16-46(43)48)81(127)106-25-13-20-59(106)76(122)102-57(83(129)130)32-64(88)112/h7-10,15-18,34-36,38-41,49-60,66-68,91-92,108H,11-14,19-33,37,84,89H2,1-6H3,(H2,85,109)(H2,86,110)(H2,87,111)(H2,88,112)(H,90,93)(H,94,119)(H,95,125)(H,96,116)(H,97,120)(H,98,124)(H,99,126)(H,100,115)(H,101,118)(H,102,122)(H,103,117)(H,104,121)(H,105,123)(H,113,114)(H,129,130)/t49-,50-,51-,52-,53-,54-,55-,56-,57-,58-,59-,60-,66-,67-,68-/m0/s1. The minimum Gasteiger partial charge on any atom is -0.481 e. The number of hydrogen-bond acceptors (Lipinski definition) is 24. The summed E-state index contributed by atoms with van der Waals surface area (Å²) in [5.41, 5.74) is 36.0. The Morgan fingerprint density at radius 1 is 0.431 bits per heavy atom. The molecule has 47 heteroatoms. The van der Waals surface area contributed by atoms with E-state index in [4.69, 9.17) is 34.4 Å². The number of likely N-dealkylation sites (tertiary alicyclic amines) is 2. The molecule has 2 aliphatic heterocycles. The monoisotopic (exact) mass is 1820 g/mol. The number of amides is 18. The fraction of sp³-hybridized carbons (Fsp3) is 0.530. The zero-order chi connectivity index (χ0) is 96.1. The van der Waals surface area contributed by atoms with Crippen molar-refractivity contribution in [2.75, 3.05) is 26.2 Å². The molecule has 7 rings (SSSR count). The first-order valence-electron chi connectivity index (χ1n) is 42.5. The van der Waals surface area contributed by atoms with E-state index in [1.165, 1.54) is 37.5 Å². The fourth-order valence-corrected chi connectivity index (χ4v) is 15.0. The Bertz CT molecular complexity index is 4940. The van der Waals surface area contributed by atoms with Gasteiger partial charge in [-0.2, -0.15) is 0 Å². The van der Waals surface area contributed by atoms with Crippen molar-refractivity contribution in [3.63, 3.8) is 0 Å². The van der Waals surface area contributed by atoms with Gasteiger partial charge in [0, 0.05) is 84.9 Å². The molecule has 2 fully saturated rings. The van der Waals surface area contributed by atoms with E-state index in [2.05, 4.69) is 83.7 Å². The van der Waals surface area contributed by atoms with Crippen molar-refractivity contribution in [1.82, 2.24) is 93.5 Å². The molecule has 2 aromatic carbocycles. The lowest BCUT2D eigenvalue weighted by atomic mass is 10.00. The van der Waals surface area contributed by atoms with Crippen LogP contribution in [0.5, 0.6) is 0 Å². The molecule has 3 aromatic heterocycles. The highest BCUT2D eigenvalue weighted by Crippen LogP contribution is 2.27. The highest BCUT2D eigenvalue weighted by atomic mass is 16.4. The van der Waals surface area contributed by atoms with Gasteiger partial charge in [-0.1, -0.05) is 77.9 Å². The second-order valence-corrected chi connectivity index (χ2v) is 33.0. The number of nitrogens with two attached hydrogens (primary N) is 6. The third-order valence-electron chi connectivity index (χ3n) is 22.0. The molecule has 2 aliphatic rings. The van der Waals surface area contributed by atoms with Gasteiger partial charge in [-0.25, -0.2) is 9.78 Å². The maximum absolute atomic E-state index is 14.9. The number of aliphatic carboxylic acids is 2. The second-order valence-electron chi connectivity index (χ2n) is 33.0. The summed E-state index contributed by atoms with van der Waals surface area (Å²) in [7, 11) is 0. The summed E-state index contributed by atoms with van der Waals surface area (Å²) in [6.45, 7) is 7.98. The number of carboxylic acids is 2. The van der Waals surface area contributed by atoms with E-state index in [1.807, 2.05) is 0 Å². The van der Waals surface area contributed by atoms with Crippen LogP contribution in [0, 0.1) is 17.8 Å². The number of nitrogens with zero attached hydrogens (tertiary/aromatic N) is 3. The van der Waals surface area contributed by atoms with Crippen LogP contribution in [0.2, 0.25) is 0 Å². The number of unbranched alkanes of at least 4 members (excludes halogenated alkanes) is 1. The van der Waals surface area contributed by atoms with E-state index in [9.17, 15) is 111 Å². The van der Waals surface area contributed by atoms with Crippen molar-refractivity contribution in [3.05, 3.63) is 90.3 Å². The third-order valence-corrected chi connectivity index (χ3v) is 22.0. The lowest BCUT2D eigenvalue weighted by molar-refractivity contribution is -0.146. The second kappa shape index (κ2) is 48.8. The van der Waals surface area contributed by atoms with Crippen molar-refractivity contribution in [2.24, 2.45) is 52.2 Å². The molecule has 47 nitrogen and oxygen atoms in total. The van der Waals surface area contributed by atoms with Gasteiger partial charge in [-0.05, 0) is 98.9 Å². The minimum atomic E-state index is -2.01. The number of aliphatic hydroxyl groups excluding tert-OH is 1. The molecule has 0 aliphatic carbocycles. The van der Waals surface area contributed by atoms with E-state index in [0.717, 1.165) is 4.90 Å². The number of H-pyrrole nitrogens is 3. The quantitative estimate of drug-likeness (QED) is 0.0161. The molecule has 2 saturated heterocycles. The Labute approximate surface area is 745 Å². The number of hydrogen-bond donors (Lipinski definition) is 24. The van der Waals surface area contributed by atoms with Gasteiger partial charge < -0.3 is 138 Å². The summed E-state index contributed by atoms with van der Waals surface area (Å²) >= 11 is 0. The maximum atomic E-state index is 14.9. The minimum absolute atomic E-state index is 0.00344. The summed E-state index contributed by atoms with van der Waals surface area (Å²) in [5, 5.41) is 61.5. The van der Waals surface area contributed by atoms with Crippen molar-refractivity contribution < 1.29 is 111 Å². The number of imidazole rings is 1. The Morgan fingerprint density at radius 3 is 1.31 bits per heavy atom. The molecule has 0 unspecified atom stereocenters. The van der Waals surface area contributed by atoms with Crippen LogP contribution < -0.4 is 98.2 Å². The van der Waals surface area contributed by atoms with E-state index in [1.54, 1.807) is 82.4 Å². The number of rotatable bonds is 52. The normalized spacial score (nSPS) is 16.7. The zero-order valence-electron chi connectivity index (χ0n) is 72.8. The van der Waals surface area contributed by atoms with Crippen LogP contribution in [0.3, 0.4) is 0 Å². The smallest absolute Gasteiger partial charge is 0.326 e. The molecular formula is C83H118N24O23. The first kappa shape index (κ1) is 103. The number of aliphatic hydroxyl groups is 1. The summed E-state index contributed by atoms with van der Waals surface area (Å²) in [5.74, 6) is -24.3. The highest BCUT2D eigenvalue weighted by Gasteiger charge is 2.45. The van der Waals surface area contributed by atoms with Crippen LogP contribution in [0.4, 0.5) is 0 Å². The molecule has 0 saturated carbocycles. The molecule has 0 radical (unpaired) electrons. The molecule has 0 spiro atoms. The Hall–Kier alpha value is -14.0. The van der Waals surface area contributed by atoms with Crippen LogP contribution in [0.25, 0.3) is 21.8 Å². The van der Waals surface area contributed by atoms with E-state index in [0.29, 0.717) is 39.4 Å². The van der Waals surface area contributed by atoms with Gasteiger partial charge in [-0.3, -0.25) is 91.1 Å². The molecule has 5 aromatic rings. The number of carboxylic acid groups (broad SMARTS) is 2. The van der Waals surface area contributed by atoms with E-state index < -0.39 is 278 Å². The Balaban J connectivity index is 1.06. The van der Waals surface area contributed by atoms with E-state index >= 15 is 0 Å². The zero-order valence-corrected chi connectivity index (χ0v) is 72.8. The number of primary amides is 4. The summed E-state index contributed by atoms with van der Waals surface area (Å²) in [4.78, 5) is 290. The number of carbonyl (C=O) groups is 20. The molecule has 15 atom stereocenters. The molecule has 18 amide bonds. The number of fused-ring (bicyclic) bond motifs is 2. The van der Waals surface area contributed by atoms with Gasteiger partial charge >= 0.3 is 11.9 Å². The number of carbonyl (C=O) groups excluding carboxylic acids is 18. The average molecular weight is 1820 g/mol. The number of nitrogens with one attached hydrogen (secondary N) is 15. The van der Waals surface area contributed by atoms with Crippen molar-refractivity contribution in [3.8, 4) is 0 Å². The fourth-order valence-electron chi connectivity index (χ4n) is 15.0. The number of benzene rings is 2. The van der Waals surface area contributed by atoms with Gasteiger partial charge in [0.1, 0.15) is 84.6 Å². The highest BCUT2D eigenvalue weighted by molar-refractivity contribution is 6.03. The molecule has 30 N–H and O–H groups in total. The molecule has 130 heavy (non-hydrogen) atoms. The molecular weight excluding hydrogens is 1700 g/mol. The maximum Gasteiger partial charge on any atom is 0.326 e. The number of aromatic nitrogens is 4.